The molecule has 1 atom stereocenters. The van der Waals surface area contributed by atoms with Gasteiger partial charge in [-0.25, -0.2) is 4.90 Å². The van der Waals surface area contributed by atoms with Gasteiger partial charge in [-0.2, -0.15) is 0 Å². The number of aromatic hydroxyl groups is 1. The predicted octanol–water partition coefficient (Wildman–Crippen LogP) is 1.53. The summed E-state index contributed by atoms with van der Waals surface area (Å²) in [5.74, 6) is -0.727. The number of carbonyl (C=O) groups excluding carboxylic acids is 2. The van der Waals surface area contributed by atoms with Crippen molar-refractivity contribution in [3.63, 3.8) is 0 Å². The first kappa shape index (κ1) is 12.3. The number of ether oxygens (including phenoxy) is 1. The zero-order valence-corrected chi connectivity index (χ0v) is 10.1. The number of phenolic OH excluding ortho intramolecular Hbond substituents is 1. The number of amides is 2. The lowest BCUT2D eigenvalue weighted by molar-refractivity contribution is -0.120. The van der Waals surface area contributed by atoms with E-state index >= 15 is 0 Å². The molecule has 2 rings (SSSR count). The van der Waals surface area contributed by atoms with Crippen molar-refractivity contribution in [2.24, 2.45) is 0 Å². The van der Waals surface area contributed by atoms with E-state index in [2.05, 4.69) is 0 Å². The molecule has 0 saturated heterocycles. The van der Waals surface area contributed by atoms with Gasteiger partial charge in [0, 0.05) is 24.8 Å². The Morgan fingerprint density at radius 3 is 2.39 bits per heavy atom. The van der Waals surface area contributed by atoms with E-state index in [1.54, 1.807) is 6.92 Å². The van der Waals surface area contributed by atoms with E-state index in [9.17, 15) is 14.7 Å². The summed E-state index contributed by atoms with van der Waals surface area (Å²) in [4.78, 5) is 24.4. The van der Waals surface area contributed by atoms with Gasteiger partial charge in [-0.05, 0) is 25.1 Å². The summed E-state index contributed by atoms with van der Waals surface area (Å²) in [7, 11) is 1.52. The molecule has 94 valence electrons. The van der Waals surface area contributed by atoms with Gasteiger partial charge in [-0.15, -0.1) is 0 Å². The Balaban J connectivity index is 2.50. The fourth-order valence-electron chi connectivity index (χ4n) is 1.84. The summed E-state index contributed by atoms with van der Waals surface area (Å²) in [5, 5.41) is 9.50. The SMILES string of the molecule is COC(C)c1cc(O)ccc1N1C(=O)C=CC1=O. The maximum atomic E-state index is 11.6. The highest BCUT2D eigenvalue weighted by molar-refractivity contribution is 6.28. The number of benzene rings is 1. The molecule has 1 N–H and O–H groups in total. The van der Waals surface area contributed by atoms with Gasteiger partial charge in [0.2, 0.25) is 0 Å². The Labute approximate surface area is 104 Å². The maximum Gasteiger partial charge on any atom is 0.258 e. The van der Waals surface area contributed by atoms with Crippen molar-refractivity contribution in [3.05, 3.63) is 35.9 Å². The molecule has 0 bridgehead atoms. The van der Waals surface area contributed by atoms with E-state index in [0.717, 1.165) is 4.90 Å². The molecule has 5 nitrogen and oxygen atoms in total. The van der Waals surface area contributed by atoms with Crippen LogP contribution in [0.3, 0.4) is 0 Å². The molecular formula is C13H13NO4. The van der Waals surface area contributed by atoms with Crippen LogP contribution in [0.25, 0.3) is 0 Å². The number of rotatable bonds is 3. The van der Waals surface area contributed by atoms with Crippen LogP contribution in [0.5, 0.6) is 5.75 Å². The molecule has 0 spiro atoms. The Morgan fingerprint density at radius 2 is 1.83 bits per heavy atom. The molecule has 1 unspecified atom stereocenters. The van der Waals surface area contributed by atoms with Crippen molar-refractivity contribution in [2.75, 3.05) is 12.0 Å². The Bertz CT molecular complexity index is 518. The molecule has 0 aromatic heterocycles. The summed E-state index contributed by atoms with van der Waals surface area (Å²) in [5.41, 5.74) is 1.02. The van der Waals surface area contributed by atoms with Gasteiger partial charge in [0.15, 0.2) is 0 Å². The molecular weight excluding hydrogens is 234 g/mol. The van der Waals surface area contributed by atoms with Crippen molar-refractivity contribution in [1.29, 1.82) is 0 Å². The topological polar surface area (TPSA) is 66.8 Å². The van der Waals surface area contributed by atoms with Crippen LogP contribution in [0, 0.1) is 0 Å². The summed E-state index contributed by atoms with van der Waals surface area (Å²) in [6.07, 6.45) is 2.10. The smallest absolute Gasteiger partial charge is 0.258 e. The molecule has 1 aliphatic rings. The monoisotopic (exact) mass is 247 g/mol. The van der Waals surface area contributed by atoms with Crippen molar-refractivity contribution in [3.8, 4) is 5.75 Å². The predicted molar refractivity (Wildman–Crippen MR) is 65.2 cm³/mol. The third-order valence-corrected chi connectivity index (χ3v) is 2.85. The highest BCUT2D eigenvalue weighted by atomic mass is 16.5. The minimum Gasteiger partial charge on any atom is -0.508 e. The van der Waals surface area contributed by atoms with Crippen LogP contribution in [0.15, 0.2) is 30.4 Å². The molecule has 2 amide bonds. The minimum atomic E-state index is -0.393. The lowest BCUT2D eigenvalue weighted by Crippen LogP contribution is -2.30. The number of methoxy groups -OCH3 is 1. The van der Waals surface area contributed by atoms with E-state index in [0.29, 0.717) is 11.3 Å². The molecule has 0 saturated carbocycles. The molecule has 5 heteroatoms. The van der Waals surface area contributed by atoms with E-state index in [1.807, 2.05) is 0 Å². The number of hydrogen-bond acceptors (Lipinski definition) is 4. The number of imide groups is 1. The van der Waals surface area contributed by atoms with Crippen LogP contribution in [-0.2, 0) is 14.3 Å². The third-order valence-electron chi connectivity index (χ3n) is 2.85. The van der Waals surface area contributed by atoms with Gasteiger partial charge in [0.1, 0.15) is 5.75 Å². The average Bonchev–Trinajstić information content (AvgIpc) is 2.68. The summed E-state index contributed by atoms with van der Waals surface area (Å²) in [6.45, 7) is 1.77. The second kappa shape index (κ2) is 4.62. The van der Waals surface area contributed by atoms with Gasteiger partial charge in [0.25, 0.3) is 11.8 Å². The number of nitrogens with zero attached hydrogens (tertiary/aromatic N) is 1. The van der Waals surface area contributed by atoms with Crippen LogP contribution in [0.4, 0.5) is 5.69 Å². The average molecular weight is 247 g/mol. The molecule has 1 aromatic carbocycles. The van der Waals surface area contributed by atoms with E-state index in [4.69, 9.17) is 4.74 Å². The lowest BCUT2D eigenvalue weighted by atomic mass is 10.1. The van der Waals surface area contributed by atoms with Crippen LogP contribution >= 0.6 is 0 Å². The minimum absolute atomic E-state index is 0.0599. The molecule has 1 heterocycles. The van der Waals surface area contributed by atoms with Gasteiger partial charge in [-0.1, -0.05) is 0 Å². The van der Waals surface area contributed by atoms with Gasteiger partial charge < -0.3 is 9.84 Å². The molecule has 1 aromatic rings. The van der Waals surface area contributed by atoms with Crippen LogP contribution < -0.4 is 4.90 Å². The fourth-order valence-corrected chi connectivity index (χ4v) is 1.84. The maximum absolute atomic E-state index is 11.6. The first-order valence-electron chi connectivity index (χ1n) is 5.46. The van der Waals surface area contributed by atoms with Crippen molar-refractivity contribution < 1.29 is 19.4 Å². The van der Waals surface area contributed by atoms with Gasteiger partial charge in [-0.3, -0.25) is 9.59 Å². The van der Waals surface area contributed by atoms with Gasteiger partial charge in [0.05, 0.1) is 11.8 Å². The number of anilines is 1. The van der Waals surface area contributed by atoms with Crippen LogP contribution in [0.1, 0.15) is 18.6 Å². The molecule has 18 heavy (non-hydrogen) atoms. The van der Waals surface area contributed by atoms with Crippen molar-refractivity contribution in [1.82, 2.24) is 0 Å². The van der Waals surface area contributed by atoms with E-state index < -0.39 is 11.8 Å². The molecule has 1 aliphatic heterocycles. The highest BCUT2D eigenvalue weighted by Crippen LogP contribution is 2.32. The third kappa shape index (κ3) is 2.00. The largest absolute Gasteiger partial charge is 0.508 e. The van der Waals surface area contributed by atoms with E-state index in [1.165, 1.54) is 37.5 Å². The zero-order valence-electron chi connectivity index (χ0n) is 10.1. The Hall–Kier alpha value is -2.14. The van der Waals surface area contributed by atoms with Crippen molar-refractivity contribution in [2.45, 2.75) is 13.0 Å². The number of hydrogen-bond donors (Lipinski definition) is 1. The standard InChI is InChI=1S/C13H13NO4/c1-8(18-2)10-7-9(15)3-4-11(10)14-12(16)5-6-13(14)17/h3-8,15H,1-2H3. The number of carbonyl (C=O) groups is 2. The summed E-state index contributed by atoms with van der Waals surface area (Å²) in [6, 6.07) is 4.45. The molecule has 0 radical (unpaired) electrons. The summed E-state index contributed by atoms with van der Waals surface area (Å²) < 4.78 is 5.18. The van der Waals surface area contributed by atoms with Crippen molar-refractivity contribution >= 4 is 17.5 Å². The second-order valence-electron chi connectivity index (χ2n) is 3.97. The first-order valence-corrected chi connectivity index (χ1v) is 5.46. The number of phenols is 1. The second-order valence-corrected chi connectivity index (χ2v) is 3.97. The quantitative estimate of drug-likeness (QED) is 0.822. The Kier molecular flexibility index (Phi) is 3.16. The Morgan fingerprint density at radius 1 is 1.22 bits per heavy atom. The van der Waals surface area contributed by atoms with Crippen LogP contribution in [0.2, 0.25) is 0 Å². The van der Waals surface area contributed by atoms with Gasteiger partial charge >= 0.3 is 0 Å². The lowest BCUT2D eigenvalue weighted by Gasteiger charge is -2.21. The fraction of sp³-hybridized carbons (Fsp3) is 0.231. The first-order chi connectivity index (χ1) is 8.54. The van der Waals surface area contributed by atoms with Crippen LogP contribution in [-0.4, -0.2) is 24.0 Å². The normalized spacial score (nSPS) is 16.4. The highest BCUT2D eigenvalue weighted by Gasteiger charge is 2.28. The zero-order chi connectivity index (χ0) is 13.3. The molecule has 0 aliphatic carbocycles. The summed E-state index contributed by atoms with van der Waals surface area (Å²) >= 11 is 0. The van der Waals surface area contributed by atoms with E-state index in [-0.39, 0.29) is 11.9 Å². The molecule has 0 fully saturated rings.